The number of hydrogen-bond donors (Lipinski definition) is 2. The Hall–Kier alpha value is -1.71. The fourth-order valence-electron chi connectivity index (χ4n) is 1.49. The molecule has 4 nitrogen and oxygen atoms in total. The quantitative estimate of drug-likeness (QED) is 0.656. The molecule has 4 heteroatoms. The van der Waals surface area contributed by atoms with E-state index in [1.807, 2.05) is 13.0 Å². The average Bonchev–Trinajstić information content (AvgIpc) is 2.16. The lowest BCUT2D eigenvalue weighted by Gasteiger charge is -2.19. The van der Waals surface area contributed by atoms with Gasteiger partial charge in [-0.2, -0.15) is 0 Å². The van der Waals surface area contributed by atoms with Crippen LogP contribution in [0.4, 0.5) is 11.4 Å². The third-order valence-electron chi connectivity index (χ3n) is 2.26. The lowest BCUT2D eigenvalue weighted by atomic mass is 10.1. The van der Waals surface area contributed by atoms with E-state index in [2.05, 4.69) is 5.32 Å². The van der Waals surface area contributed by atoms with Gasteiger partial charge < -0.3 is 15.8 Å². The van der Waals surface area contributed by atoms with Crippen molar-refractivity contribution in [2.24, 2.45) is 0 Å². The number of carbonyl (C=O) groups excluding carboxylic acids is 1. The second kappa shape index (κ2) is 3.21. The highest BCUT2D eigenvalue weighted by molar-refractivity contribution is 5.96. The van der Waals surface area contributed by atoms with Gasteiger partial charge in [0.15, 0.2) is 6.61 Å². The monoisotopic (exact) mass is 192 g/mol. The number of nitrogens with one attached hydrogen (secondary N) is 1. The minimum absolute atomic E-state index is 0.0834. The van der Waals surface area contributed by atoms with E-state index in [1.54, 1.807) is 6.07 Å². The molecule has 0 spiro atoms. The van der Waals surface area contributed by atoms with E-state index >= 15 is 0 Å². The highest BCUT2D eigenvalue weighted by Gasteiger charge is 2.17. The predicted octanol–water partition coefficient (Wildman–Crippen LogP) is 1.16. The van der Waals surface area contributed by atoms with Crippen LogP contribution in [-0.2, 0) is 11.2 Å². The maximum absolute atomic E-state index is 11.0. The van der Waals surface area contributed by atoms with Crippen molar-refractivity contribution in [1.82, 2.24) is 0 Å². The van der Waals surface area contributed by atoms with Gasteiger partial charge in [0.2, 0.25) is 0 Å². The zero-order chi connectivity index (χ0) is 10.1. The van der Waals surface area contributed by atoms with Crippen LogP contribution in [0.2, 0.25) is 0 Å². The molecule has 1 aliphatic heterocycles. The normalized spacial score (nSPS) is 14.2. The van der Waals surface area contributed by atoms with Gasteiger partial charge in [-0.3, -0.25) is 4.79 Å². The van der Waals surface area contributed by atoms with Crippen LogP contribution < -0.4 is 15.8 Å². The second-order valence-electron chi connectivity index (χ2n) is 3.24. The molecule has 1 amide bonds. The number of nitrogen functional groups attached to an aromatic ring is 1. The molecule has 0 bridgehead atoms. The van der Waals surface area contributed by atoms with Crippen molar-refractivity contribution in [3.05, 3.63) is 17.7 Å². The number of carbonyl (C=O) groups is 1. The smallest absolute Gasteiger partial charge is 0.262 e. The number of hydrogen-bond acceptors (Lipinski definition) is 3. The summed E-state index contributed by atoms with van der Waals surface area (Å²) < 4.78 is 5.27. The van der Waals surface area contributed by atoms with Gasteiger partial charge in [-0.05, 0) is 24.1 Å². The molecule has 14 heavy (non-hydrogen) atoms. The number of anilines is 2. The molecule has 0 radical (unpaired) electrons. The molecule has 0 aliphatic carbocycles. The van der Waals surface area contributed by atoms with Crippen molar-refractivity contribution in [3.63, 3.8) is 0 Å². The summed E-state index contributed by atoms with van der Waals surface area (Å²) in [5, 5.41) is 2.71. The third-order valence-corrected chi connectivity index (χ3v) is 2.26. The zero-order valence-electron chi connectivity index (χ0n) is 7.96. The largest absolute Gasteiger partial charge is 0.482 e. The summed E-state index contributed by atoms with van der Waals surface area (Å²) in [5.41, 5.74) is 8.19. The fraction of sp³-hybridized carbons (Fsp3) is 0.300. The highest BCUT2D eigenvalue weighted by Crippen LogP contribution is 2.32. The number of rotatable bonds is 1. The molecule has 0 unspecified atom stereocenters. The number of amides is 1. The summed E-state index contributed by atoms with van der Waals surface area (Å²) in [5.74, 6) is 0.566. The summed E-state index contributed by atoms with van der Waals surface area (Å²) >= 11 is 0. The summed E-state index contributed by atoms with van der Waals surface area (Å²) in [6.45, 7) is 2.11. The Morgan fingerprint density at radius 2 is 2.36 bits per heavy atom. The predicted molar refractivity (Wildman–Crippen MR) is 54.4 cm³/mol. The molecule has 3 N–H and O–H groups in total. The molecule has 2 rings (SSSR count). The van der Waals surface area contributed by atoms with E-state index in [4.69, 9.17) is 10.5 Å². The average molecular weight is 192 g/mol. The maximum Gasteiger partial charge on any atom is 0.262 e. The molecular formula is C10H12N2O2. The van der Waals surface area contributed by atoms with Crippen molar-refractivity contribution in [2.75, 3.05) is 17.7 Å². The summed E-state index contributed by atoms with van der Waals surface area (Å²) in [4.78, 5) is 11.0. The van der Waals surface area contributed by atoms with Gasteiger partial charge >= 0.3 is 0 Å². The van der Waals surface area contributed by atoms with Crippen LogP contribution in [0.15, 0.2) is 12.1 Å². The molecule has 0 saturated carbocycles. The van der Waals surface area contributed by atoms with E-state index in [0.29, 0.717) is 17.1 Å². The van der Waals surface area contributed by atoms with Crippen molar-refractivity contribution >= 4 is 17.3 Å². The lowest BCUT2D eigenvalue weighted by Crippen LogP contribution is -2.25. The Kier molecular flexibility index (Phi) is 2.04. The Morgan fingerprint density at radius 1 is 1.57 bits per heavy atom. The molecule has 0 aromatic heterocycles. The molecule has 1 heterocycles. The topological polar surface area (TPSA) is 64.3 Å². The van der Waals surface area contributed by atoms with Crippen molar-refractivity contribution in [2.45, 2.75) is 13.3 Å². The number of ether oxygens (including phenoxy) is 1. The molecule has 0 atom stereocenters. The van der Waals surface area contributed by atoms with E-state index < -0.39 is 0 Å². The minimum atomic E-state index is -0.138. The van der Waals surface area contributed by atoms with Gasteiger partial charge in [-0.15, -0.1) is 0 Å². The first-order valence-corrected chi connectivity index (χ1v) is 4.55. The molecule has 0 saturated heterocycles. The Morgan fingerprint density at radius 3 is 3.07 bits per heavy atom. The molecule has 74 valence electrons. The zero-order valence-corrected chi connectivity index (χ0v) is 7.96. The van der Waals surface area contributed by atoms with Crippen molar-refractivity contribution in [1.29, 1.82) is 0 Å². The van der Waals surface area contributed by atoms with Gasteiger partial charge in [0, 0.05) is 5.69 Å². The molecule has 0 fully saturated rings. The van der Waals surface area contributed by atoms with Crippen LogP contribution in [0.5, 0.6) is 5.75 Å². The number of aryl methyl sites for hydroxylation is 1. The molecule has 1 aromatic carbocycles. The lowest BCUT2D eigenvalue weighted by molar-refractivity contribution is -0.118. The van der Waals surface area contributed by atoms with Crippen LogP contribution in [0.3, 0.4) is 0 Å². The van der Waals surface area contributed by atoms with E-state index in [9.17, 15) is 4.79 Å². The summed E-state index contributed by atoms with van der Waals surface area (Å²) in [6, 6.07) is 3.62. The number of nitrogens with two attached hydrogens (primary N) is 1. The van der Waals surface area contributed by atoms with Gasteiger partial charge in [-0.1, -0.05) is 6.92 Å². The maximum atomic E-state index is 11.0. The number of fused-ring (bicyclic) bond motifs is 1. The second-order valence-corrected chi connectivity index (χ2v) is 3.24. The van der Waals surface area contributed by atoms with Crippen molar-refractivity contribution < 1.29 is 9.53 Å². The van der Waals surface area contributed by atoms with Crippen LogP contribution in [0, 0.1) is 0 Å². The Balaban J connectivity index is 2.45. The van der Waals surface area contributed by atoms with E-state index in [0.717, 1.165) is 12.0 Å². The van der Waals surface area contributed by atoms with E-state index in [1.165, 1.54) is 0 Å². The summed E-state index contributed by atoms with van der Waals surface area (Å²) in [7, 11) is 0. The van der Waals surface area contributed by atoms with Crippen LogP contribution in [-0.4, -0.2) is 12.5 Å². The standard InChI is InChI=1S/C10H12N2O2/c1-2-6-3-9-8(4-7(6)11)12-10(13)5-14-9/h3-4H,2,5,11H2,1H3,(H,12,13). The van der Waals surface area contributed by atoms with Gasteiger partial charge in [-0.25, -0.2) is 0 Å². The van der Waals surface area contributed by atoms with Crippen molar-refractivity contribution in [3.8, 4) is 5.75 Å². The fourth-order valence-corrected chi connectivity index (χ4v) is 1.49. The molecule has 1 aliphatic rings. The van der Waals surface area contributed by atoms with Crippen LogP contribution >= 0.6 is 0 Å². The first-order valence-electron chi connectivity index (χ1n) is 4.55. The van der Waals surface area contributed by atoms with Gasteiger partial charge in [0.25, 0.3) is 5.91 Å². The Bertz CT molecular complexity index is 388. The highest BCUT2D eigenvalue weighted by atomic mass is 16.5. The number of benzene rings is 1. The third kappa shape index (κ3) is 1.39. The molecule has 1 aromatic rings. The van der Waals surface area contributed by atoms with Gasteiger partial charge in [0.05, 0.1) is 5.69 Å². The SMILES string of the molecule is CCc1cc2c(cc1N)NC(=O)CO2. The first kappa shape index (κ1) is 8.87. The summed E-state index contributed by atoms with van der Waals surface area (Å²) in [6.07, 6.45) is 0.858. The van der Waals surface area contributed by atoms with Crippen LogP contribution in [0.25, 0.3) is 0 Å². The minimum Gasteiger partial charge on any atom is -0.482 e. The Labute approximate surface area is 82.1 Å². The van der Waals surface area contributed by atoms with Gasteiger partial charge in [0.1, 0.15) is 5.75 Å². The first-order chi connectivity index (χ1) is 6.70. The van der Waals surface area contributed by atoms with E-state index in [-0.39, 0.29) is 12.5 Å². The van der Waals surface area contributed by atoms with Crippen LogP contribution in [0.1, 0.15) is 12.5 Å². The molecular weight excluding hydrogens is 180 g/mol.